The van der Waals surface area contributed by atoms with Crippen LogP contribution in [0.2, 0.25) is 0 Å². The highest BCUT2D eigenvalue weighted by molar-refractivity contribution is 7.99. The van der Waals surface area contributed by atoms with Gasteiger partial charge in [0.1, 0.15) is 6.10 Å². The van der Waals surface area contributed by atoms with Gasteiger partial charge in [-0.3, -0.25) is 4.90 Å². The van der Waals surface area contributed by atoms with Gasteiger partial charge in [0.25, 0.3) is 5.89 Å². The van der Waals surface area contributed by atoms with Crippen molar-refractivity contribution < 1.29 is 9.26 Å². The highest BCUT2D eigenvalue weighted by atomic mass is 32.2. The number of nitrogens with zero attached hydrogens (tertiary/aromatic N) is 3. The van der Waals surface area contributed by atoms with Crippen LogP contribution >= 0.6 is 11.8 Å². The molecule has 2 atom stereocenters. The zero-order chi connectivity index (χ0) is 12.4. The predicted molar refractivity (Wildman–Crippen MR) is 68.6 cm³/mol. The summed E-state index contributed by atoms with van der Waals surface area (Å²) in [4.78, 5) is 6.79. The molecule has 0 amide bonds. The lowest BCUT2D eigenvalue weighted by Crippen LogP contribution is -2.34. The summed E-state index contributed by atoms with van der Waals surface area (Å²) in [5, 5.41) is 7.38. The molecule has 6 nitrogen and oxygen atoms in total. The van der Waals surface area contributed by atoms with Crippen molar-refractivity contribution in [3.8, 4) is 0 Å². The van der Waals surface area contributed by atoms with Crippen LogP contribution in [-0.2, 0) is 4.74 Å². The lowest BCUT2D eigenvalue weighted by atomic mass is 10.2. The van der Waals surface area contributed by atoms with Crippen molar-refractivity contribution >= 4 is 11.8 Å². The molecule has 7 heteroatoms. The fraction of sp³-hybridized carbons (Fsp3) is 0.818. The van der Waals surface area contributed by atoms with E-state index in [2.05, 4.69) is 27.4 Å². The van der Waals surface area contributed by atoms with Gasteiger partial charge in [-0.1, -0.05) is 5.16 Å². The Labute approximate surface area is 110 Å². The van der Waals surface area contributed by atoms with Crippen LogP contribution in [-0.4, -0.2) is 59.8 Å². The molecule has 0 radical (unpaired) electrons. The van der Waals surface area contributed by atoms with Gasteiger partial charge in [-0.2, -0.15) is 16.7 Å². The second-order valence-corrected chi connectivity index (χ2v) is 5.78. The summed E-state index contributed by atoms with van der Waals surface area (Å²) >= 11 is 1.94. The smallest absolute Gasteiger partial charge is 0.257 e. The van der Waals surface area contributed by atoms with E-state index in [9.17, 15) is 0 Å². The SMILES string of the molecule is CN1CCSCC1c1noc(C2CNCCO2)n1. The third-order valence-electron chi connectivity index (χ3n) is 3.35. The van der Waals surface area contributed by atoms with E-state index in [0.717, 1.165) is 31.2 Å². The number of morpholine rings is 1. The Balaban J connectivity index is 1.71. The van der Waals surface area contributed by atoms with Gasteiger partial charge in [-0.05, 0) is 7.05 Å². The number of hydrogen-bond acceptors (Lipinski definition) is 7. The van der Waals surface area contributed by atoms with Gasteiger partial charge in [0.15, 0.2) is 5.82 Å². The van der Waals surface area contributed by atoms with Gasteiger partial charge in [-0.15, -0.1) is 0 Å². The maximum atomic E-state index is 5.61. The summed E-state index contributed by atoms with van der Waals surface area (Å²) in [5.41, 5.74) is 0. The molecule has 2 unspecified atom stereocenters. The molecule has 3 heterocycles. The molecule has 18 heavy (non-hydrogen) atoms. The van der Waals surface area contributed by atoms with E-state index < -0.39 is 0 Å². The molecule has 1 aromatic rings. The Hall–Kier alpha value is -0.630. The van der Waals surface area contributed by atoms with Crippen molar-refractivity contribution in [2.24, 2.45) is 0 Å². The Morgan fingerprint density at radius 1 is 1.50 bits per heavy atom. The first-order valence-electron chi connectivity index (χ1n) is 6.28. The average Bonchev–Trinajstić information content (AvgIpc) is 2.90. The molecule has 0 aliphatic carbocycles. The van der Waals surface area contributed by atoms with Crippen molar-refractivity contribution in [3.63, 3.8) is 0 Å². The molecule has 2 fully saturated rings. The fourth-order valence-electron chi connectivity index (χ4n) is 2.20. The summed E-state index contributed by atoms with van der Waals surface area (Å²) in [5.74, 6) is 3.59. The molecule has 1 N–H and O–H groups in total. The molecular weight excluding hydrogens is 252 g/mol. The maximum Gasteiger partial charge on any atom is 0.257 e. The lowest BCUT2D eigenvalue weighted by Gasteiger charge is -2.29. The van der Waals surface area contributed by atoms with Crippen molar-refractivity contribution in [1.29, 1.82) is 0 Å². The first-order chi connectivity index (χ1) is 8.84. The molecule has 1 aromatic heterocycles. The summed E-state index contributed by atoms with van der Waals surface area (Å²) in [6.45, 7) is 3.40. The van der Waals surface area contributed by atoms with Gasteiger partial charge in [-0.25, -0.2) is 0 Å². The van der Waals surface area contributed by atoms with Crippen LogP contribution < -0.4 is 5.32 Å². The first-order valence-corrected chi connectivity index (χ1v) is 7.44. The fourth-order valence-corrected chi connectivity index (χ4v) is 3.41. The average molecular weight is 270 g/mol. The molecule has 2 aliphatic heterocycles. The molecule has 2 aliphatic rings. The van der Waals surface area contributed by atoms with Gasteiger partial charge in [0.05, 0.1) is 12.6 Å². The number of thioether (sulfide) groups is 1. The molecule has 0 saturated carbocycles. The Bertz CT molecular complexity index is 394. The van der Waals surface area contributed by atoms with E-state index in [4.69, 9.17) is 9.26 Å². The van der Waals surface area contributed by atoms with E-state index in [0.29, 0.717) is 12.5 Å². The maximum absolute atomic E-state index is 5.61. The van der Waals surface area contributed by atoms with Crippen LogP contribution in [0, 0.1) is 0 Å². The minimum absolute atomic E-state index is 0.0958. The van der Waals surface area contributed by atoms with Gasteiger partial charge in [0.2, 0.25) is 0 Å². The van der Waals surface area contributed by atoms with Crippen LogP contribution in [0.1, 0.15) is 23.9 Å². The van der Waals surface area contributed by atoms with Crippen molar-refractivity contribution in [2.45, 2.75) is 12.1 Å². The number of nitrogens with one attached hydrogen (secondary N) is 1. The van der Waals surface area contributed by atoms with Crippen LogP contribution in [0.5, 0.6) is 0 Å². The second-order valence-electron chi connectivity index (χ2n) is 4.63. The number of rotatable bonds is 2. The van der Waals surface area contributed by atoms with Crippen LogP contribution in [0.25, 0.3) is 0 Å². The number of hydrogen-bond donors (Lipinski definition) is 1. The van der Waals surface area contributed by atoms with Crippen molar-refractivity contribution in [3.05, 3.63) is 11.7 Å². The van der Waals surface area contributed by atoms with E-state index in [1.54, 1.807) is 0 Å². The largest absolute Gasteiger partial charge is 0.366 e. The summed E-state index contributed by atoms with van der Waals surface area (Å²) in [6.07, 6.45) is -0.0958. The minimum atomic E-state index is -0.0958. The molecule has 3 rings (SSSR count). The quantitative estimate of drug-likeness (QED) is 0.837. The molecule has 0 aromatic carbocycles. The summed E-state index contributed by atoms with van der Waals surface area (Å²) < 4.78 is 11.0. The molecule has 0 spiro atoms. The Morgan fingerprint density at radius 2 is 2.44 bits per heavy atom. The third-order valence-corrected chi connectivity index (χ3v) is 4.38. The van der Waals surface area contributed by atoms with Gasteiger partial charge >= 0.3 is 0 Å². The van der Waals surface area contributed by atoms with Crippen molar-refractivity contribution in [1.82, 2.24) is 20.4 Å². The molecule has 100 valence electrons. The van der Waals surface area contributed by atoms with E-state index >= 15 is 0 Å². The van der Waals surface area contributed by atoms with E-state index in [1.807, 2.05) is 11.8 Å². The summed E-state index contributed by atoms with van der Waals surface area (Å²) in [6, 6.07) is 0.262. The Morgan fingerprint density at radius 3 is 3.22 bits per heavy atom. The highest BCUT2D eigenvalue weighted by Gasteiger charge is 2.28. The monoisotopic (exact) mass is 270 g/mol. The third kappa shape index (κ3) is 2.54. The van der Waals surface area contributed by atoms with Crippen LogP contribution in [0.3, 0.4) is 0 Å². The first kappa shape index (κ1) is 12.4. The van der Waals surface area contributed by atoms with Crippen LogP contribution in [0.15, 0.2) is 4.52 Å². The van der Waals surface area contributed by atoms with Gasteiger partial charge in [0, 0.05) is 31.1 Å². The minimum Gasteiger partial charge on any atom is -0.366 e. The van der Waals surface area contributed by atoms with Crippen molar-refractivity contribution in [2.75, 3.05) is 44.8 Å². The molecular formula is C11H18N4O2S. The highest BCUT2D eigenvalue weighted by Crippen LogP contribution is 2.27. The standard InChI is InChI=1S/C11H18N4O2S/c1-15-3-5-18-7-8(15)10-13-11(17-14-10)9-6-12-2-4-16-9/h8-9,12H,2-7H2,1H3. The Kier molecular flexibility index (Phi) is 3.83. The normalized spacial score (nSPS) is 30.5. The zero-order valence-electron chi connectivity index (χ0n) is 10.5. The predicted octanol–water partition coefficient (Wildman–Crippen LogP) is 0.450. The molecule has 2 saturated heterocycles. The zero-order valence-corrected chi connectivity index (χ0v) is 11.3. The van der Waals surface area contributed by atoms with E-state index in [-0.39, 0.29) is 12.1 Å². The van der Waals surface area contributed by atoms with Gasteiger partial charge < -0.3 is 14.6 Å². The van der Waals surface area contributed by atoms with Crippen LogP contribution in [0.4, 0.5) is 0 Å². The topological polar surface area (TPSA) is 63.4 Å². The lowest BCUT2D eigenvalue weighted by molar-refractivity contribution is 0.00755. The molecule has 0 bridgehead atoms. The van der Waals surface area contributed by atoms with E-state index in [1.165, 1.54) is 5.75 Å². The summed E-state index contributed by atoms with van der Waals surface area (Å²) in [7, 11) is 2.11. The number of aromatic nitrogens is 2. The second kappa shape index (κ2) is 5.56. The number of ether oxygens (including phenoxy) is 1.